The van der Waals surface area contributed by atoms with E-state index in [4.69, 9.17) is 17.2 Å². The normalized spacial score (nSPS) is 14.1. The Morgan fingerprint density at radius 3 is 2.73 bits per heavy atom. The van der Waals surface area contributed by atoms with Gasteiger partial charge in [0, 0.05) is 30.0 Å². The van der Waals surface area contributed by atoms with Crippen molar-refractivity contribution in [1.29, 1.82) is 0 Å². The summed E-state index contributed by atoms with van der Waals surface area (Å²) in [7, 11) is 2.19. The van der Waals surface area contributed by atoms with E-state index in [2.05, 4.69) is 72.7 Å². The van der Waals surface area contributed by atoms with Crippen LogP contribution in [0, 0.1) is 6.92 Å². The summed E-state index contributed by atoms with van der Waals surface area (Å²) < 4.78 is 1.23. The maximum Gasteiger partial charge on any atom is 0.127 e. The minimum atomic E-state index is 0.747. The van der Waals surface area contributed by atoms with Crippen molar-refractivity contribution in [2.75, 3.05) is 18.9 Å². The molecule has 0 atom stereocenters. The van der Waals surface area contributed by atoms with Gasteiger partial charge in [0.1, 0.15) is 10.0 Å². The zero-order chi connectivity index (χ0) is 20.7. The van der Waals surface area contributed by atoms with Crippen LogP contribution < -0.4 is 5.32 Å². The molecule has 30 heavy (non-hydrogen) atoms. The summed E-state index contributed by atoms with van der Waals surface area (Å²) >= 11 is 9.37. The van der Waals surface area contributed by atoms with Gasteiger partial charge in [-0.25, -0.2) is 4.98 Å². The van der Waals surface area contributed by atoms with Gasteiger partial charge in [-0.15, -0.1) is 22.7 Å². The SMILES string of the molecule is Cc1ccc(CC(=S)Nc2sc3c(c2-c2nc4ccccc4s2)CCN(C)C3)cc1. The molecule has 3 nitrogen and oxygen atoms in total. The highest BCUT2D eigenvalue weighted by molar-refractivity contribution is 7.80. The van der Waals surface area contributed by atoms with Crippen molar-refractivity contribution < 1.29 is 0 Å². The molecule has 5 rings (SSSR count). The molecular weight excluding hydrogens is 426 g/mol. The standard InChI is InChI=1S/C24H23N3S3/c1-15-7-9-16(10-8-15)13-21(28)26-24-22(17-11-12-27(2)14-20(17)30-24)23-25-18-5-3-4-6-19(18)29-23/h3-10H,11-14H2,1-2H3,(H,26,28). The second kappa shape index (κ2) is 8.19. The van der Waals surface area contributed by atoms with Gasteiger partial charge in [-0.3, -0.25) is 0 Å². The molecule has 0 radical (unpaired) electrons. The van der Waals surface area contributed by atoms with Crippen molar-refractivity contribution in [3.63, 3.8) is 0 Å². The van der Waals surface area contributed by atoms with Gasteiger partial charge < -0.3 is 10.2 Å². The predicted molar refractivity (Wildman–Crippen MR) is 134 cm³/mol. The molecule has 1 N–H and O–H groups in total. The molecule has 0 bridgehead atoms. The van der Waals surface area contributed by atoms with Crippen LogP contribution in [0.4, 0.5) is 5.00 Å². The monoisotopic (exact) mass is 449 g/mol. The van der Waals surface area contributed by atoms with E-state index in [0.29, 0.717) is 0 Å². The van der Waals surface area contributed by atoms with Gasteiger partial charge in [-0.1, -0.05) is 54.2 Å². The van der Waals surface area contributed by atoms with Gasteiger partial charge in [0.05, 0.1) is 15.2 Å². The van der Waals surface area contributed by atoms with Gasteiger partial charge in [0.25, 0.3) is 0 Å². The van der Waals surface area contributed by atoms with Crippen LogP contribution in [0.5, 0.6) is 0 Å². The number of benzene rings is 2. The lowest BCUT2D eigenvalue weighted by Crippen LogP contribution is -2.25. The molecule has 6 heteroatoms. The van der Waals surface area contributed by atoms with Crippen molar-refractivity contribution in [1.82, 2.24) is 9.88 Å². The topological polar surface area (TPSA) is 28.2 Å². The van der Waals surface area contributed by atoms with Gasteiger partial charge in [0.15, 0.2) is 0 Å². The highest BCUT2D eigenvalue weighted by atomic mass is 32.1. The van der Waals surface area contributed by atoms with E-state index in [-0.39, 0.29) is 0 Å². The third-order valence-electron chi connectivity index (χ3n) is 5.49. The van der Waals surface area contributed by atoms with E-state index in [1.165, 1.54) is 31.8 Å². The minimum absolute atomic E-state index is 0.747. The first-order chi connectivity index (χ1) is 14.6. The Morgan fingerprint density at radius 2 is 1.93 bits per heavy atom. The number of thiophene rings is 1. The van der Waals surface area contributed by atoms with Crippen LogP contribution in [-0.2, 0) is 19.4 Å². The Morgan fingerprint density at radius 1 is 1.13 bits per heavy atom. The Hall–Kier alpha value is -2.12. The first-order valence-electron chi connectivity index (χ1n) is 10.1. The molecule has 152 valence electrons. The molecule has 1 aliphatic rings. The first-order valence-corrected chi connectivity index (χ1v) is 12.2. The summed E-state index contributed by atoms with van der Waals surface area (Å²) in [6.07, 6.45) is 1.80. The molecule has 4 aromatic rings. The number of likely N-dealkylation sites (N-methyl/N-ethyl adjacent to an activating group) is 1. The van der Waals surface area contributed by atoms with Crippen LogP contribution in [0.25, 0.3) is 20.8 Å². The summed E-state index contributed by atoms with van der Waals surface area (Å²) in [5.41, 5.74) is 6.28. The molecule has 1 aliphatic heterocycles. The molecule has 3 heterocycles. The predicted octanol–water partition coefficient (Wildman–Crippen LogP) is 6.30. The number of aryl methyl sites for hydroxylation is 1. The summed E-state index contributed by atoms with van der Waals surface area (Å²) in [5, 5.41) is 5.83. The number of thiazole rings is 1. The second-order valence-corrected chi connectivity index (χ2v) is 10.5. The molecule has 2 aromatic carbocycles. The third kappa shape index (κ3) is 3.93. The quantitative estimate of drug-likeness (QED) is 0.370. The van der Waals surface area contributed by atoms with Crippen LogP contribution in [0.1, 0.15) is 21.6 Å². The zero-order valence-electron chi connectivity index (χ0n) is 17.1. The van der Waals surface area contributed by atoms with E-state index >= 15 is 0 Å². The Bertz CT molecular complexity index is 1190. The largest absolute Gasteiger partial charge is 0.341 e. The minimum Gasteiger partial charge on any atom is -0.341 e. The second-order valence-electron chi connectivity index (χ2n) is 7.89. The highest BCUT2D eigenvalue weighted by Gasteiger charge is 2.26. The Kier molecular flexibility index (Phi) is 5.41. The van der Waals surface area contributed by atoms with Crippen molar-refractivity contribution in [2.45, 2.75) is 26.3 Å². The number of fused-ring (bicyclic) bond motifs is 2. The summed E-state index contributed by atoms with van der Waals surface area (Å²) in [6, 6.07) is 17.0. The smallest absolute Gasteiger partial charge is 0.127 e. The van der Waals surface area contributed by atoms with E-state index in [1.807, 2.05) is 11.3 Å². The van der Waals surface area contributed by atoms with Gasteiger partial charge in [0.2, 0.25) is 0 Å². The molecule has 0 amide bonds. The number of anilines is 1. The number of thiocarbonyl (C=S) groups is 1. The lowest BCUT2D eigenvalue weighted by molar-refractivity contribution is 0.317. The fourth-order valence-corrected chi connectivity index (χ4v) is 6.68. The van der Waals surface area contributed by atoms with Crippen LogP contribution in [-0.4, -0.2) is 28.5 Å². The summed E-state index contributed by atoms with van der Waals surface area (Å²) in [6.45, 7) is 4.18. The fourth-order valence-electron chi connectivity index (χ4n) is 3.89. The first kappa shape index (κ1) is 19.8. The van der Waals surface area contributed by atoms with Crippen LogP contribution in [0.2, 0.25) is 0 Å². The van der Waals surface area contributed by atoms with E-state index in [1.54, 1.807) is 11.3 Å². The number of nitrogens with one attached hydrogen (secondary N) is 1. The van der Waals surface area contributed by atoms with Crippen molar-refractivity contribution in [3.05, 3.63) is 70.1 Å². The molecule has 2 aromatic heterocycles. The molecule has 0 spiro atoms. The van der Waals surface area contributed by atoms with Crippen LogP contribution in [0.3, 0.4) is 0 Å². The number of para-hydroxylation sites is 1. The average Bonchev–Trinajstić information content (AvgIpc) is 3.29. The number of hydrogen-bond donors (Lipinski definition) is 1. The number of hydrogen-bond acceptors (Lipinski definition) is 5. The number of aromatic nitrogens is 1. The van der Waals surface area contributed by atoms with Crippen LogP contribution in [0.15, 0.2) is 48.5 Å². The molecule has 0 fully saturated rings. The molecule has 0 saturated carbocycles. The van der Waals surface area contributed by atoms with Gasteiger partial charge >= 0.3 is 0 Å². The Labute approximate surface area is 190 Å². The Balaban J connectivity index is 1.50. The molecular formula is C24H23N3S3. The fraction of sp³-hybridized carbons (Fsp3) is 0.250. The van der Waals surface area contributed by atoms with Crippen LogP contribution >= 0.6 is 34.9 Å². The van der Waals surface area contributed by atoms with Gasteiger partial charge in [-0.2, -0.15) is 0 Å². The van der Waals surface area contributed by atoms with Crippen molar-refractivity contribution in [2.24, 2.45) is 0 Å². The summed E-state index contributed by atoms with van der Waals surface area (Å²) in [4.78, 5) is 9.64. The maximum atomic E-state index is 5.76. The van der Waals surface area contributed by atoms with Crippen molar-refractivity contribution in [3.8, 4) is 10.6 Å². The van der Waals surface area contributed by atoms with E-state index < -0.39 is 0 Å². The average molecular weight is 450 g/mol. The van der Waals surface area contributed by atoms with Crippen molar-refractivity contribution >= 4 is 55.1 Å². The number of nitrogens with zero attached hydrogens (tertiary/aromatic N) is 2. The summed E-state index contributed by atoms with van der Waals surface area (Å²) in [5.74, 6) is 0. The van der Waals surface area contributed by atoms with Gasteiger partial charge in [-0.05, 0) is 43.7 Å². The zero-order valence-corrected chi connectivity index (χ0v) is 19.5. The molecule has 0 unspecified atom stereocenters. The van der Waals surface area contributed by atoms with E-state index in [0.717, 1.165) is 46.4 Å². The molecule has 0 saturated heterocycles. The maximum absolute atomic E-state index is 5.76. The van der Waals surface area contributed by atoms with E-state index in [9.17, 15) is 0 Å². The highest BCUT2D eigenvalue weighted by Crippen LogP contribution is 2.45. The lowest BCUT2D eigenvalue weighted by Gasteiger charge is -2.22. The third-order valence-corrected chi connectivity index (χ3v) is 7.93. The number of rotatable bonds is 4. The molecule has 0 aliphatic carbocycles. The lowest BCUT2D eigenvalue weighted by atomic mass is 10.0.